The van der Waals surface area contributed by atoms with Crippen LogP contribution in [0.4, 0.5) is 0 Å². The van der Waals surface area contributed by atoms with Gasteiger partial charge in [-0.2, -0.15) is 0 Å². The number of hydrogen-bond donors (Lipinski definition) is 1. The van der Waals surface area contributed by atoms with Crippen molar-refractivity contribution in [2.45, 2.75) is 43.8 Å². The Morgan fingerprint density at radius 3 is 2.46 bits per heavy atom. The lowest BCUT2D eigenvalue weighted by atomic mass is 9.90. The fourth-order valence-corrected chi connectivity index (χ4v) is 4.30. The molecule has 2 saturated heterocycles. The zero-order valence-corrected chi connectivity index (χ0v) is 13.9. The fourth-order valence-electron chi connectivity index (χ4n) is 4.30. The summed E-state index contributed by atoms with van der Waals surface area (Å²) in [5.41, 5.74) is 2.69. The monoisotopic (exact) mass is 320 g/mol. The normalized spacial score (nSPS) is 27.3. The topological polar surface area (TPSA) is 32.3 Å². The van der Waals surface area contributed by atoms with E-state index in [1.807, 2.05) is 0 Å². The Morgan fingerprint density at radius 1 is 1.00 bits per heavy atom. The van der Waals surface area contributed by atoms with Crippen LogP contribution in [0.25, 0.3) is 0 Å². The molecule has 124 valence electrons. The highest BCUT2D eigenvalue weighted by Crippen LogP contribution is 2.36. The van der Waals surface area contributed by atoms with Crippen LogP contribution in [0.15, 0.2) is 60.7 Å². The molecule has 0 aromatic heterocycles. The van der Waals surface area contributed by atoms with E-state index < -0.39 is 0 Å². The predicted octanol–water partition coefficient (Wildman–Crippen LogP) is 3.32. The third-order valence-electron chi connectivity index (χ3n) is 5.44. The minimum absolute atomic E-state index is 0.213. The van der Waals surface area contributed by atoms with Gasteiger partial charge in [0.15, 0.2) is 0 Å². The number of nitrogens with zero attached hydrogens (tertiary/aromatic N) is 1. The molecule has 1 amide bonds. The lowest BCUT2D eigenvalue weighted by Gasteiger charge is -2.27. The first-order chi connectivity index (χ1) is 11.8. The average molecular weight is 320 g/mol. The molecule has 1 N–H and O–H groups in total. The number of hydrogen-bond acceptors (Lipinski definition) is 2. The molecular formula is C21H24N2O. The van der Waals surface area contributed by atoms with Gasteiger partial charge >= 0.3 is 0 Å². The first kappa shape index (κ1) is 15.4. The van der Waals surface area contributed by atoms with Crippen molar-refractivity contribution in [3.63, 3.8) is 0 Å². The zero-order chi connectivity index (χ0) is 16.4. The van der Waals surface area contributed by atoms with E-state index in [9.17, 15) is 4.79 Å². The summed E-state index contributed by atoms with van der Waals surface area (Å²) in [6.07, 6.45) is 2.74. The van der Waals surface area contributed by atoms with Gasteiger partial charge in [-0.3, -0.25) is 9.69 Å². The Labute approximate surface area is 143 Å². The maximum absolute atomic E-state index is 12.1. The second kappa shape index (κ2) is 6.78. The van der Waals surface area contributed by atoms with E-state index in [-0.39, 0.29) is 11.9 Å². The van der Waals surface area contributed by atoms with Crippen molar-refractivity contribution in [1.29, 1.82) is 0 Å². The van der Waals surface area contributed by atoms with Gasteiger partial charge < -0.3 is 5.32 Å². The number of amides is 1. The highest BCUT2D eigenvalue weighted by molar-refractivity contribution is 5.77. The number of carbonyl (C=O) groups excluding carboxylic acids is 1. The molecule has 0 unspecified atom stereocenters. The summed E-state index contributed by atoms with van der Waals surface area (Å²) in [6.45, 7) is 1.97. The lowest BCUT2D eigenvalue weighted by molar-refractivity contribution is -0.121. The molecule has 2 heterocycles. The van der Waals surface area contributed by atoms with E-state index >= 15 is 0 Å². The van der Waals surface area contributed by atoms with E-state index in [0.29, 0.717) is 18.4 Å². The highest BCUT2D eigenvalue weighted by atomic mass is 16.1. The highest BCUT2D eigenvalue weighted by Gasteiger charge is 2.43. The predicted molar refractivity (Wildman–Crippen MR) is 95.6 cm³/mol. The summed E-state index contributed by atoms with van der Waals surface area (Å²) in [5.74, 6) is 0.590. The van der Waals surface area contributed by atoms with Crippen molar-refractivity contribution in [2.75, 3.05) is 6.54 Å². The molecule has 0 saturated carbocycles. The van der Waals surface area contributed by atoms with E-state index in [1.165, 1.54) is 11.1 Å². The summed E-state index contributed by atoms with van der Waals surface area (Å²) in [4.78, 5) is 14.7. The molecular weight excluding hydrogens is 296 g/mol. The van der Waals surface area contributed by atoms with Crippen molar-refractivity contribution in [2.24, 2.45) is 0 Å². The third kappa shape index (κ3) is 3.09. The molecule has 0 aliphatic carbocycles. The SMILES string of the molecule is O=C1CCC[C@@H]2[C@H](N1)[C@@H](c1ccccc1)CN2Cc1ccccc1. The van der Waals surface area contributed by atoms with Crippen molar-refractivity contribution < 1.29 is 4.79 Å². The molecule has 3 nitrogen and oxygen atoms in total. The Morgan fingerprint density at radius 2 is 1.71 bits per heavy atom. The van der Waals surface area contributed by atoms with Gasteiger partial charge in [0.2, 0.25) is 5.91 Å². The van der Waals surface area contributed by atoms with Crippen molar-refractivity contribution in [3.05, 3.63) is 71.8 Å². The molecule has 24 heavy (non-hydrogen) atoms. The standard InChI is InChI=1S/C21H24N2O/c24-20-13-7-12-19-21(22-20)18(17-10-5-2-6-11-17)15-23(19)14-16-8-3-1-4-9-16/h1-6,8-11,18-19,21H,7,12-15H2,(H,22,24)/t18-,19-,21-/m1/s1. The summed E-state index contributed by atoms with van der Waals surface area (Å²) in [7, 11) is 0. The van der Waals surface area contributed by atoms with Crippen LogP contribution in [-0.2, 0) is 11.3 Å². The van der Waals surface area contributed by atoms with Crippen LogP contribution in [0.2, 0.25) is 0 Å². The summed E-state index contributed by atoms with van der Waals surface area (Å²) >= 11 is 0. The quantitative estimate of drug-likeness (QED) is 0.941. The Bertz CT molecular complexity index is 685. The molecule has 3 atom stereocenters. The zero-order valence-electron chi connectivity index (χ0n) is 13.9. The smallest absolute Gasteiger partial charge is 0.220 e. The Balaban J connectivity index is 1.62. The van der Waals surface area contributed by atoms with Crippen molar-refractivity contribution >= 4 is 5.91 Å². The largest absolute Gasteiger partial charge is 0.351 e. The molecule has 2 aliphatic heterocycles. The van der Waals surface area contributed by atoms with Crippen LogP contribution in [0.1, 0.15) is 36.3 Å². The number of nitrogens with one attached hydrogen (secondary N) is 1. The van der Waals surface area contributed by atoms with Crippen LogP contribution in [-0.4, -0.2) is 29.4 Å². The summed E-state index contributed by atoms with van der Waals surface area (Å²) < 4.78 is 0. The second-order valence-electron chi connectivity index (χ2n) is 6.99. The summed E-state index contributed by atoms with van der Waals surface area (Å²) in [6, 6.07) is 22.0. The Hall–Kier alpha value is -2.13. The van der Waals surface area contributed by atoms with Gasteiger partial charge in [-0.1, -0.05) is 60.7 Å². The van der Waals surface area contributed by atoms with Gasteiger partial charge in [0, 0.05) is 31.5 Å². The first-order valence-electron chi connectivity index (χ1n) is 8.93. The molecule has 2 aromatic rings. The van der Waals surface area contributed by atoms with Crippen LogP contribution < -0.4 is 5.32 Å². The maximum atomic E-state index is 12.1. The average Bonchev–Trinajstić information content (AvgIpc) is 2.82. The molecule has 0 bridgehead atoms. The maximum Gasteiger partial charge on any atom is 0.220 e. The van der Waals surface area contributed by atoms with Crippen molar-refractivity contribution in [3.8, 4) is 0 Å². The molecule has 3 heteroatoms. The second-order valence-corrected chi connectivity index (χ2v) is 6.99. The molecule has 2 aliphatic rings. The van der Waals surface area contributed by atoms with Gasteiger partial charge in [0.25, 0.3) is 0 Å². The van der Waals surface area contributed by atoms with Crippen LogP contribution in [0.5, 0.6) is 0 Å². The number of rotatable bonds is 3. The lowest BCUT2D eigenvalue weighted by Crippen LogP contribution is -2.44. The Kier molecular flexibility index (Phi) is 4.35. The van der Waals surface area contributed by atoms with Crippen molar-refractivity contribution in [1.82, 2.24) is 10.2 Å². The van der Waals surface area contributed by atoms with E-state index in [0.717, 1.165) is 25.9 Å². The first-order valence-corrected chi connectivity index (χ1v) is 8.93. The van der Waals surface area contributed by atoms with Crippen LogP contribution in [0, 0.1) is 0 Å². The van der Waals surface area contributed by atoms with Gasteiger partial charge in [-0.15, -0.1) is 0 Å². The number of fused-ring (bicyclic) bond motifs is 1. The molecule has 2 fully saturated rings. The minimum Gasteiger partial charge on any atom is -0.351 e. The third-order valence-corrected chi connectivity index (χ3v) is 5.44. The summed E-state index contributed by atoms with van der Waals surface area (Å²) in [5, 5.41) is 3.32. The van der Waals surface area contributed by atoms with Gasteiger partial charge in [0.1, 0.15) is 0 Å². The van der Waals surface area contributed by atoms with Gasteiger partial charge in [-0.25, -0.2) is 0 Å². The van der Waals surface area contributed by atoms with Gasteiger partial charge in [-0.05, 0) is 24.0 Å². The van der Waals surface area contributed by atoms with Crippen LogP contribution >= 0.6 is 0 Å². The number of carbonyl (C=O) groups is 1. The van der Waals surface area contributed by atoms with E-state index in [2.05, 4.69) is 70.9 Å². The number of likely N-dealkylation sites (tertiary alicyclic amines) is 1. The number of benzene rings is 2. The fraction of sp³-hybridized carbons (Fsp3) is 0.381. The van der Waals surface area contributed by atoms with Gasteiger partial charge in [0.05, 0.1) is 6.04 Å². The van der Waals surface area contributed by atoms with E-state index in [4.69, 9.17) is 0 Å². The minimum atomic E-state index is 0.213. The molecule has 2 aromatic carbocycles. The molecule has 0 radical (unpaired) electrons. The van der Waals surface area contributed by atoms with E-state index in [1.54, 1.807) is 0 Å². The molecule has 4 rings (SSSR count). The van der Waals surface area contributed by atoms with Crippen LogP contribution in [0.3, 0.4) is 0 Å². The molecule has 0 spiro atoms.